The Kier molecular flexibility index (Phi) is 5.14. The zero-order chi connectivity index (χ0) is 17.8. The van der Waals surface area contributed by atoms with E-state index < -0.39 is 11.7 Å². The molecule has 0 fully saturated rings. The highest BCUT2D eigenvalue weighted by molar-refractivity contribution is 9.10. The van der Waals surface area contributed by atoms with Gasteiger partial charge in [0.05, 0.1) is 11.3 Å². The predicted octanol–water partition coefficient (Wildman–Crippen LogP) is 4.72. The highest BCUT2D eigenvalue weighted by Crippen LogP contribution is 2.22. The van der Waals surface area contributed by atoms with Crippen LogP contribution < -0.4 is 10.1 Å². The molecule has 3 rings (SSSR count). The number of para-hydroxylation sites is 1. The molecule has 1 aromatic heterocycles. The molecule has 0 saturated carbocycles. The van der Waals surface area contributed by atoms with Gasteiger partial charge in [0.1, 0.15) is 23.9 Å². The summed E-state index contributed by atoms with van der Waals surface area (Å²) >= 11 is 3.17. The largest absolute Gasteiger partial charge is 0.489 e. The minimum atomic E-state index is -0.565. The molecule has 0 aliphatic carbocycles. The Morgan fingerprint density at radius 3 is 2.76 bits per heavy atom. The van der Waals surface area contributed by atoms with E-state index in [-0.39, 0.29) is 18.0 Å². The summed E-state index contributed by atoms with van der Waals surface area (Å²) in [5.74, 6) is 0.0144. The smallest absolute Gasteiger partial charge is 0.278 e. The van der Waals surface area contributed by atoms with E-state index in [1.807, 2.05) is 18.2 Å². The summed E-state index contributed by atoms with van der Waals surface area (Å²) in [5, 5.41) is 6.27. The van der Waals surface area contributed by atoms with Crippen molar-refractivity contribution in [2.45, 2.75) is 13.5 Å². The van der Waals surface area contributed by atoms with Crippen LogP contribution in [0.3, 0.4) is 0 Å². The monoisotopic (exact) mass is 404 g/mol. The van der Waals surface area contributed by atoms with E-state index in [1.54, 1.807) is 25.1 Å². The van der Waals surface area contributed by atoms with Crippen LogP contribution in [0.25, 0.3) is 0 Å². The number of nitrogens with one attached hydrogen (secondary N) is 1. The number of halogens is 2. The summed E-state index contributed by atoms with van der Waals surface area (Å²) < 4.78 is 25.2. The van der Waals surface area contributed by atoms with Crippen LogP contribution in [0.1, 0.15) is 21.8 Å². The summed E-state index contributed by atoms with van der Waals surface area (Å²) in [6, 6.07) is 13.5. The Balaban J connectivity index is 1.77. The second kappa shape index (κ2) is 7.48. The normalized spacial score (nSPS) is 10.5. The van der Waals surface area contributed by atoms with Crippen molar-refractivity contribution in [1.29, 1.82) is 0 Å². The van der Waals surface area contributed by atoms with E-state index in [2.05, 4.69) is 26.4 Å². The molecule has 0 aliphatic heterocycles. The molecule has 1 N–H and O–H groups in total. The van der Waals surface area contributed by atoms with E-state index >= 15 is 0 Å². The number of carbonyl (C=O) groups excluding carboxylic acids is 1. The van der Waals surface area contributed by atoms with E-state index in [4.69, 9.17) is 9.26 Å². The lowest BCUT2D eigenvalue weighted by Gasteiger charge is -2.08. The number of amides is 1. The van der Waals surface area contributed by atoms with Crippen LogP contribution in [0.15, 0.2) is 57.5 Å². The third kappa shape index (κ3) is 4.06. The van der Waals surface area contributed by atoms with Crippen molar-refractivity contribution in [3.63, 3.8) is 0 Å². The van der Waals surface area contributed by atoms with Crippen molar-refractivity contribution in [2.24, 2.45) is 0 Å². The molecule has 128 valence electrons. The number of aromatic nitrogens is 1. The molecule has 3 aromatic rings. The highest BCUT2D eigenvalue weighted by Gasteiger charge is 2.21. The van der Waals surface area contributed by atoms with Gasteiger partial charge in [0.2, 0.25) is 0 Å². The van der Waals surface area contributed by atoms with Gasteiger partial charge in [-0.2, -0.15) is 0 Å². The van der Waals surface area contributed by atoms with Crippen LogP contribution in [-0.4, -0.2) is 11.1 Å². The molecule has 0 aliphatic rings. The average Bonchev–Trinajstić information content (AvgIpc) is 2.97. The maximum atomic E-state index is 13.9. The van der Waals surface area contributed by atoms with Gasteiger partial charge in [0, 0.05) is 4.47 Å². The Morgan fingerprint density at radius 2 is 2.04 bits per heavy atom. The maximum Gasteiger partial charge on any atom is 0.278 e. The van der Waals surface area contributed by atoms with Crippen LogP contribution in [0, 0.1) is 12.7 Å². The van der Waals surface area contributed by atoms with Gasteiger partial charge in [-0.25, -0.2) is 4.39 Å². The Hall–Kier alpha value is -2.67. The zero-order valence-electron chi connectivity index (χ0n) is 13.3. The Bertz CT molecular complexity index is 897. The average molecular weight is 405 g/mol. The van der Waals surface area contributed by atoms with Crippen LogP contribution in [0.2, 0.25) is 0 Å². The fourth-order valence-corrected chi connectivity index (χ4v) is 2.52. The van der Waals surface area contributed by atoms with Crippen LogP contribution in [0.5, 0.6) is 5.75 Å². The lowest BCUT2D eigenvalue weighted by molar-refractivity contribution is 0.101. The van der Waals surface area contributed by atoms with Gasteiger partial charge >= 0.3 is 0 Å². The SMILES string of the molecule is Cc1onc(C(=O)Nc2ccc(Br)cc2F)c1COc1ccccc1. The highest BCUT2D eigenvalue weighted by atomic mass is 79.9. The molecule has 0 bridgehead atoms. The molecule has 1 heterocycles. The van der Waals surface area contributed by atoms with Gasteiger partial charge in [-0.3, -0.25) is 4.79 Å². The number of anilines is 1. The molecule has 2 aromatic carbocycles. The van der Waals surface area contributed by atoms with Crippen LogP contribution in [-0.2, 0) is 6.61 Å². The first-order chi connectivity index (χ1) is 12.0. The van der Waals surface area contributed by atoms with Crippen molar-refractivity contribution in [3.8, 4) is 5.75 Å². The number of nitrogens with zero attached hydrogens (tertiary/aromatic N) is 1. The summed E-state index contributed by atoms with van der Waals surface area (Å²) in [4.78, 5) is 12.4. The van der Waals surface area contributed by atoms with Gasteiger partial charge in [0.15, 0.2) is 5.69 Å². The summed E-state index contributed by atoms with van der Waals surface area (Å²) in [5.41, 5.74) is 0.637. The number of ether oxygens (including phenoxy) is 1. The Labute approximate surface area is 151 Å². The number of hydrogen-bond donors (Lipinski definition) is 1. The topological polar surface area (TPSA) is 64.4 Å². The third-order valence-corrected chi connectivity index (χ3v) is 4.00. The molecule has 0 radical (unpaired) electrons. The first-order valence-electron chi connectivity index (χ1n) is 7.44. The van der Waals surface area contributed by atoms with Crippen molar-refractivity contribution < 1.29 is 18.4 Å². The zero-order valence-corrected chi connectivity index (χ0v) is 14.8. The van der Waals surface area contributed by atoms with Crippen LogP contribution >= 0.6 is 15.9 Å². The number of carbonyl (C=O) groups is 1. The quantitative estimate of drug-likeness (QED) is 0.668. The summed E-state index contributed by atoms with van der Waals surface area (Å²) in [7, 11) is 0. The fourth-order valence-electron chi connectivity index (χ4n) is 2.18. The molecule has 1 amide bonds. The summed E-state index contributed by atoms with van der Waals surface area (Å²) in [6.07, 6.45) is 0. The molecular weight excluding hydrogens is 391 g/mol. The maximum absolute atomic E-state index is 13.9. The lowest BCUT2D eigenvalue weighted by Crippen LogP contribution is -2.16. The molecule has 0 saturated heterocycles. The standard InChI is InChI=1S/C18H14BrFN2O3/c1-11-14(10-24-13-5-3-2-4-6-13)17(22-25-11)18(23)21-16-8-7-12(19)9-15(16)20/h2-9H,10H2,1H3,(H,21,23). The molecular formula is C18H14BrFN2O3. The number of benzene rings is 2. The van der Waals surface area contributed by atoms with E-state index in [0.29, 0.717) is 21.5 Å². The molecule has 0 atom stereocenters. The molecule has 0 spiro atoms. The predicted molar refractivity (Wildman–Crippen MR) is 94.1 cm³/mol. The van der Waals surface area contributed by atoms with Gasteiger partial charge in [0.25, 0.3) is 5.91 Å². The Morgan fingerprint density at radius 1 is 1.28 bits per heavy atom. The van der Waals surface area contributed by atoms with Crippen molar-refractivity contribution >= 4 is 27.5 Å². The number of hydrogen-bond acceptors (Lipinski definition) is 4. The lowest BCUT2D eigenvalue weighted by atomic mass is 10.2. The fraction of sp³-hybridized carbons (Fsp3) is 0.111. The van der Waals surface area contributed by atoms with Crippen LogP contribution in [0.4, 0.5) is 10.1 Å². The minimum absolute atomic E-state index is 0.0591. The molecule has 25 heavy (non-hydrogen) atoms. The first-order valence-corrected chi connectivity index (χ1v) is 8.23. The number of aryl methyl sites for hydroxylation is 1. The second-order valence-electron chi connectivity index (χ2n) is 5.25. The van der Waals surface area contributed by atoms with Gasteiger partial charge in [-0.1, -0.05) is 39.3 Å². The molecule has 7 heteroatoms. The third-order valence-electron chi connectivity index (χ3n) is 3.51. The van der Waals surface area contributed by atoms with Gasteiger partial charge in [-0.05, 0) is 37.3 Å². The van der Waals surface area contributed by atoms with Crippen molar-refractivity contribution in [1.82, 2.24) is 5.16 Å². The van der Waals surface area contributed by atoms with E-state index in [1.165, 1.54) is 12.1 Å². The van der Waals surface area contributed by atoms with Crippen molar-refractivity contribution in [2.75, 3.05) is 5.32 Å². The molecule has 5 nitrogen and oxygen atoms in total. The number of rotatable bonds is 5. The van der Waals surface area contributed by atoms with E-state index in [0.717, 1.165) is 0 Å². The van der Waals surface area contributed by atoms with Gasteiger partial charge < -0.3 is 14.6 Å². The summed E-state index contributed by atoms with van der Waals surface area (Å²) in [6.45, 7) is 1.80. The molecule has 0 unspecified atom stereocenters. The minimum Gasteiger partial charge on any atom is -0.489 e. The van der Waals surface area contributed by atoms with Gasteiger partial charge in [-0.15, -0.1) is 0 Å². The second-order valence-corrected chi connectivity index (χ2v) is 6.16. The van der Waals surface area contributed by atoms with Crippen molar-refractivity contribution in [3.05, 3.63) is 75.8 Å². The van der Waals surface area contributed by atoms with E-state index in [9.17, 15) is 9.18 Å². The first kappa shape index (κ1) is 17.2.